The molecule has 0 fully saturated rings. The van der Waals surface area contributed by atoms with Crippen molar-refractivity contribution in [2.24, 2.45) is 0 Å². The Morgan fingerprint density at radius 1 is 0.468 bits per heavy atom. The fourth-order valence-electron chi connectivity index (χ4n) is 5.69. The Bertz CT molecular complexity index is 1980. The van der Waals surface area contributed by atoms with Crippen LogP contribution in [0, 0.1) is 0 Å². The second kappa shape index (κ2) is 12.5. The number of ether oxygens (including phenoxy) is 1. The van der Waals surface area contributed by atoms with E-state index in [0.29, 0.717) is 11.5 Å². The van der Waals surface area contributed by atoms with Gasteiger partial charge in [0.1, 0.15) is 28.6 Å². The maximum absolute atomic E-state index is 6.43. The summed E-state index contributed by atoms with van der Waals surface area (Å²) in [5.41, 5.74) is 8.03. The molecular formula is C41H30N5O+. The summed E-state index contributed by atoms with van der Waals surface area (Å²) in [4.78, 5) is 0. The third-order valence-corrected chi connectivity index (χ3v) is 7.97. The molecule has 6 aromatic carbocycles. The lowest BCUT2D eigenvalue weighted by molar-refractivity contribution is -0.584. The van der Waals surface area contributed by atoms with E-state index in [-0.39, 0.29) is 0 Å². The predicted molar refractivity (Wildman–Crippen MR) is 185 cm³/mol. The average molecular weight is 609 g/mol. The van der Waals surface area contributed by atoms with Crippen LogP contribution in [0.4, 0.5) is 0 Å². The van der Waals surface area contributed by atoms with Crippen molar-refractivity contribution in [1.82, 2.24) is 19.6 Å². The number of para-hydroxylation sites is 1. The molecule has 0 spiro atoms. The average Bonchev–Trinajstić information content (AvgIpc) is 3.80. The minimum atomic E-state index is 0.707. The van der Waals surface area contributed by atoms with Gasteiger partial charge in [0.05, 0.1) is 16.3 Å². The Balaban J connectivity index is 1.12. The molecule has 6 nitrogen and oxygen atoms in total. The van der Waals surface area contributed by atoms with Gasteiger partial charge in [-0.25, -0.2) is 4.68 Å². The van der Waals surface area contributed by atoms with E-state index in [4.69, 9.17) is 14.9 Å². The van der Waals surface area contributed by atoms with E-state index in [9.17, 15) is 0 Å². The molecule has 2 heterocycles. The standard InChI is InChI=1S/C41H30N5O/c1-5-15-31(16-6-1)39-29-45(42-40(39)32-17-7-2-8-18-32)35-23-13-25-37(27-35)47-38-26-14-24-36(28-38)46-30-44(34-21-11-4-12-22-34)41(43-46)33-19-9-3-10-20-33/h1-30H/q+1. The van der Waals surface area contributed by atoms with Crippen LogP contribution in [-0.4, -0.2) is 19.6 Å². The lowest BCUT2D eigenvalue weighted by Crippen LogP contribution is -2.30. The number of hydrogen-bond acceptors (Lipinski definition) is 3. The molecule has 224 valence electrons. The SMILES string of the molecule is c1ccc(-c2cn(-c3cccc(Oc4cccc(-n5c[n+](-c6ccccc6)c(-c6ccccc6)n5)c4)c3)nc2-c2ccccc2)cc1. The summed E-state index contributed by atoms with van der Waals surface area (Å²) in [5, 5.41) is 10.0. The topological polar surface area (TPSA) is 48.8 Å². The molecule has 0 saturated carbocycles. The van der Waals surface area contributed by atoms with Crippen molar-refractivity contribution in [2.75, 3.05) is 0 Å². The maximum atomic E-state index is 6.43. The van der Waals surface area contributed by atoms with E-state index in [1.165, 1.54) is 0 Å². The first kappa shape index (κ1) is 28.0. The summed E-state index contributed by atoms with van der Waals surface area (Å²) in [7, 11) is 0. The van der Waals surface area contributed by atoms with Crippen LogP contribution < -0.4 is 9.30 Å². The van der Waals surface area contributed by atoms with Crippen molar-refractivity contribution < 1.29 is 9.30 Å². The summed E-state index contributed by atoms with van der Waals surface area (Å²) in [6, 6.07) is 57.1. The van der Waals surface area contributed by atoms with Gasteiger partial charge in [-0.1, -0.05) is 114 Å². The highest BCUT2D eigenvalue weighted by Gasteiger charge is 2.22. The number of aromatic nitrogens is 5. The molecule has 8 aromatic rings. The van der Waals surface area contributed by atoms with Crippen molar-refractivity contribution >= 4 is 0 Å². The lowest BCUT2D eigenvalue weighted by atomic mass is 10.0. The zero-order valence-corrected chi connectivity index (χ0v) is 25.5. The third kappa shape index (κ3) is 5.83. The summed E-state index contributed by atoms with van der Waals surface area (Å²) in [5.74, 6) is 2.26. The molecule has 0 radical (unpaired) electrons. The highest BCUT2D eigenvalue weighted by atomic mass is 16.5. The summed E-state index contributed by atoms with van der Waals surface area (Å²) in [6.07, 6.45) is 4.09. The summed E-state index contributed by atoms with van der Waals surface area (Å²) in [6.45, 7) is 0. The Labute approximate surface area is 273 Å². The molecule has 0 N–H and O–H groups in total. The van der Waals surface area contributed by atoms with Gasteiger partial charge >= 0.3 is 5.82 Å². The Morgan fingerprint density at radius 2 is 1.00 bits per heavy atom. The fraction of sp³-hybridized carbons (Fsp3) is 0. The van der Waals surface area contributed by atoms with Gasteiger partial charge in [-0.05, 0) is 54.1 Å². The molecule has 0 bridgehead atoms. The highest BCUT2D eigenvalue weighted by molar-refractivity contribution is 5.80. The first-order valence-electron chi connectivity index (χ1n) is 15.5. The van der Waals surface area contributed by atoms with Crippen molar-refractivity contribution in [1.29, 1.82) is 0 Å². The summed E-state index contributed by atoms with van der Waals surface area (Å²) < 4.78 is 12.3. The van der Waals surface area contributed by atoms with Crippen LogP contribution in [0.1, 0.15) is 0 Å². The van der Waals surface area contributed by atoms with Crippen LogP contribution >= 0.6 is 0 Å². The van der Waals surface area contributed by atoms with Gasteiger partial charge < -0.3 is 4.74 Å². The second-order valence-electron chi connectivity index (χ2n) is 11.1. The summed E-state index contributed by atoms with van der Waals surface area (Å²) >= 11 is 0. The van der Waals surface area contributed by atoms with Crippen LogP contribution in [0.5, 0.6) is 11.5 Å². The van der Waals surface area contributed by atoms with Gasteiger partial charge in [-0.15, -0.1) is 0 Å². The van der Waals surface area contributed by atoms with Gasteiger partial charge in [0.2, 0.25) is 6.33 Å². The fourth-order valence-corrected chi connectivity index (χ4v) is 5.69. The van der Waals surface area contributed by atoms with E-state index in [1.54, 1.807) is 0 Å². The first-order chi connectivity index (χ1) is 23.3. The molecule has 0 saturated heterocycles. The Hall–Kier alpha value is -6.53. The molecule has 0 aliphatic carbocycles. The van der Waals surface area contributed by atoms with Crippen LogP contribution in [-0.2, 0) is 0 Å². The lowest BCUT2D eigenvalue weighted by Gasteiger charge is -2.08. The Morgan fingerprint density at radius 3 is 1.62 bits per heavy atom. The smallest absolute Gasteiger partial charge is 0.314 e. The molecule has 0 unspecified atom stereocenters. The monoisotopic (exact) mass is 608 g/mol. The van der Waals surface area contributed by atoms with E-state index in [2.05, 4.69) is 71.4 Å². The molecule has 0 aliphatic heterocycles. The number of hydrogen-bond donors (Lipinski definition) is 0. The molecule has 6 heteroatoms. The normalized spacial score (nSPS) is 11.0. The second-order valence-corrected chi connectivity index (χ2v) is 11.1. The quantitative estimate of drug-likeness (QED) is 0.162. The van der Waals surface area contributed by atoms with Crippen molar-refractivity contribution in [3.8, 4) is 62.3 Å². The van der Waals surface area contributed by atoms with Gasteiger partial charge in [-0.2, -0.15) is 9.67 Å². The molecular weight excluding hydrogens is 578 g/mol. The molecule has 2 aromatic heterocycles. The number of nitrogens with zero attached hydrogens (tertiary/aromatic N) is 5. The van der Waals surface area contributed by atoms with Crippen molar-refractivity contribution in [3.63, 3.8) is 0 Å². The van der Waals surface area contributed by atoms with E-state index >= 15 is 0 Å². The predicted octanol–water partition coefficient (Wildman–Crippen LogP) is 9.13. The maximum Gasteiger partial charge on any atom is 0.314 e. The molecule has 8 rings (SSSR count). The van der Waals surface area contributed by atoms with Crippen LogP contribution in [0.25, 0.3) is 50.8 Å². The van der Waals surface area contributed by atoms with Crippen LogP contribution in [0.3, 0.4) is 0 Å². The minimum Gasteiger partial charge on any atom is -0.457 e. The van der Waals surface area contributed by atoms with Crippen molar-refractivity contribution in [2.45, 2.75) is 0 Å². The zero-order valence-electron chi connectivity index (χ0n) is 25.5. The number of benzene rings is 6. The molecule has 47 heavy (non-hydrogen) atoms. The van der Waals surface area contributed by atoms with Gasteiger partial charge in [0.15, 0.2) is 0 Å². The Kier molecular flexibility index (Phi) is 7.42. The van der Waals surface area contributed by atoms with Crippen molar-refractivity contribution in [3.05, 3.63) is 182 Å². The molecule has 0 amide bonds. The molecule has 0 atom stereocenters. The van der Waals surface area contributed by atoms with E-state index < -0.39 is 0 Å². The van der Waals surface area contributed by atoms with Gasteiger partial charge in [-0.3, -0.25) is 0 Å². The zero-order chi connectivity index (χ0) is 31.4. The van der Waals surface area contributed by atoms with Gasteiger partial charge in [0.25, 0.3) is 0 Å². The third-order valence-electron chi connectivity index (χ3n) is 7.97. The highest BCUT2D eigenvalue weighted by Crippen LogP contribution is 2.33. The largest absolute Gasteiger partial charge is 0.457 e. The van der Waals surface area contributed by atoms with E-state index in [0.717, 1.165) is 50.8 Å². The van der Waals surface area contributed by atoms with Gasteiger partial charge in [0, 0.05) is 29.5 Å². The first-order valence-corrected chi connectivity index (χ1v) is 15.5. The number of rotatable bonds is 8. The minimum absolute atomic E-state index is 0.707. The van der Waals surface area contributed by atoms with Crippen LogP contribution in [0.15, 0.2) is 182 Å². The van der Waals surface area contributed by atoms with Crippen LogP contribution in [0.2, 0.25) is 0 Å². The van der Waals surface area contributed by atoms with E-state index in [1.807, 2.05) is 125 Å². The molecule has 0 aliphatic rings.